The highest BCUT2D eigenvalue weighted by Gasteiger charge is 2.16. The summed E-state index contributed by atoms with van der Waals surface area (Å²) in [5, 5.41) is 2.22. The van der Waals surface area contributed by atoms with Gasteiger partial charge in [0.25, 0.3) is 0 Å². The zero-order chi connectivity index (χ0) is 13.7. The van der Waals surface area contributed by atoms with Gasteiger partial charge in [-0.15, -0.1) is 11.8 Å². The number of hydrogen-bond donors (Lipinski definition) is 0. The van der Waals surface area contributed by atoms with Crippen LogP contribution in [0.1, 0.15) is 39.2 Å². The zero-order valence-corrected chi connectivity index (χ0v) is 12.7. The highest BCUT2D eigenvalue weighted by molar-refractivity contribution is 8.01. The summed E-state index contributed by atoms with van der Waals surface area (Å²) in [6, 6.07) is 0.349. The van der Waals surface area contributed by atoms with E-state index in [1.54, 1.807) is 11.8 Å². The Balaban J connectivity index is 2.14. The number of hydrogen-bond acceptors (Lipinski definition) is 3. The van der Waals surface area contributed by atoms with Crippen LogP contribution in [0.3, 0.4) is 0 Å². The first kappa shape index (κ1) is 14.1. The van der Waals surface area contributed by atoms with E-state index in [0.717, 1.165) is 19.3 Å². The smallest absolute Gasteiger partial charge is 0.0951 e. The fraction of sp³-hybridized carbons (Fsp3) is 0.467. The fourth-order valence-corrected chi connectivity index (χ4v) is 2.89. The Labute approximate surface area is 119 Å². The molecule has 2 heterocycles. The van der Waals surface area contributed by atoms with Crippen LogP contribution in [0.2, 0.25) is 0 Å². The molecule has 3 nitrogen and oxygen atoms in total. The molecule has 0 aliphatic carbocycles. The number of thioether (sulfide) groups is 1. The zero-order valence-electron chi connectivity index (χ0n) is 11.8. The number of aliphatic imine (C=N–C) groups is 1. The lowest BCUT2D eigenvalue weighted by Gasteiger charge is -2.21. The van der Waals surface area contributed by atoms with Gasteiger partial charge in [0, 0.05) is 24.3 Å². The minimum atomic E-state index is 0.349. The van der Waals surface area contributed by atoms with Gasteiger partial charge in [-0.2, -0.15) is 0 Å². The van der Waals surface area contributed by atoms with E-state index < -0.39 is 0 Å². The van der Waals surface area contributed by atoms with E-state index in [4.69, 9.17) is 0 Å². The third-order valence-corrected chi connectivity index (χ3v) is 4.08. The number of allylic oxidation sites excluding steroid dienone is 2. The quantitative estimate of drug-likeness (QED) is 0.805. The summed E-state index contributed by atoms with van der Waals surface area (Å²) in [6.07, 6.45) is 13.0. The van der Waals surface area contributed by atoms with Crippen LogP contribution in [0.25, 0.3) is 0 Å². The summed E-state index contributed by atoms with van der Waals surface area (Å²) >= 11 is 1.76. The Morgan fingerprint density at radius 2 is 2.37 bits per heavy atom. The maximum Gasteiger partial charge on any atom is 0.0951 e. The molecule has 0 saturated carbocycles. The second-order valence-corrected chi connectivity index (χ2v) is 5.41. The van der Waals surface area contributed by atoms with Crippen LogP contribution in [-0.2, 0) is 0 Å². The normalized spacial score (nSPS) is 17.9. The maximum atomic E-state index is 4.67. The van der Waals surface area contributed by atoms with Gasteiger partial charge in [-0.1, -0.05) is 6.92 Å². The van der Waals surface area contributed by atoms with Crippen LogP contribution in [0.5, 0.6) is 0 Å². The van der Waals surface area contributed by atoms with Gasteiger partial charge in [-0.05, 0) is 49.0 Å². The lowest BCUT2D eigenvalue weighted by Crippen LogP contribution is -2.12. The monoisotopic (exact) mass is 275 g/mol. The third-order valence-electron chi connectivity index (χ3n) is 3.56. The predicted molar refractivity (Wildman–Crippen MR) is 83.6 cm³/mol. The molecule has 0 saturated heterocycles. The number of aromatic nitrogens is 2. The van der Waals surface area contributed by atoms with Crippen molar-refractivity contribution in [1.29, 1.82) is 0 Å². The van der Waals surface area contributed by atoms with Crippen molar-refractivity contribution in [3.05, 3.63) is 41.5 Å². The topological polar surface area (TPSA) is 30.2 Å². The molecule has 0 fully saturated rings. The molecule has 0 bridgehead atoms. The summed E-state index contributed by atoms with van der Waals surface area (Å²) in [5.74, 6) is 0. The van der Waals surface area contributed by atoms with E-state index in [9.17, 15) is 0 Å². The SMILES string of the molecule is CCC(=CSC)C1=NC=C(C(C)n2ccnc2)CC1. The molecule has 19 heavy (non-hydrogen) atoms. The van der Waals surface area contributed by atoms with Gasteiger partial charge in [0.15, 0.2) is 0 Å². The molecule has 1 atom stereocenters. The van der Waals surface area contributed by atoms with E-state index in [1.807, 2.05) is 24.9 Å². The Bertz CT molecular complexity index is 497. The number of nitrogens with zero attached hydrogens (tertiary/aromatic N) is 3. The van der Waals surface area contributed by atoms with Crippen LogP contribution in [0.4, 0.5) is 0 Å². The summed E-state index contributed by atoms with van der Waals surface area (Å²) in [5.41, 5.74) is 4.00. The van der Waals surface area contributed by atoms with Gasteiger partial charge >= 0.3 is 0 Å². The van der Waals surface area contributed by atoms with Gasteiger partial charge in [0.1, 0.15) is 0 Å². The number of rotatable bonds is 5. The van der Waals surface area contributed by atoms with Crippen molar-refractivity contribution < 1.29 is 0 Å². The molecule has 0 N–H and O–H groups in total. The van der Waals surface area contributed by atoms with E-state index in [0.29, 0.717) is 6.04 Å². The summed E-state index contributed by atoms with van der Waals surface area (Å²) < 4.78 is 2.13. The molecular weight excluding hydrogens is 254 g/mol. The largest absolute Gasteiger partial charge is 0.331 e. The van der Waals surface area contributed by atoms with Crippen LogP contribution < -0.4 is 0 Å². The van der Waals surface area contributed by atoms with E-state index in [1.165, 1.54) is 16.9 Å². The van der Waals surface area contributed by atoms with Crippen molar-refractivity contribution in [3.63, 3.8) is 0 Å². The molecule has 1 aromatic rings. The first-order valence-electron chi connectivity index (χ1n) is 6.71. The van der Waals surface area contributed by atoms with Crippen LogP contribution in [0, 0.1) is 0 Å². The molecule has 102 valence electrons. The molecule has 4 heteroatoms. The summed E-state index contributed by atoms with van der Waals surface area (Å²) in [4.78, 5) is 8.78. The molecular formula is C15H21N3S. The molecule has 0 amide bonds. The lowest BCUT2D eigenvalue weighted by molar-refractivity contribution is 0.598. The minimum absolute atomic E-state index is 0.349. The van der Waals surface area contributed by atoms with Gasteiger partial charge in [0.05, 0.1) is 12.4 Å². The molecule has 1 aliphatic heterocycles. The minimum Gasteiger partial charge on any atom is -0.331 e. The second-order valence-electron chi connectivity index (χ2n) is 4.70. The van der Waals surface area contributed by atoms with Gasteiger partial charge < -0.3 is 4.57 Å². The average Bonchev–Trinajstić information content (AvgIpc) is 2.98. The molecule has 0 spiro atoms. The van der Waals surface area contributed by atoms with Crippen molar-refractivity contribution in [3.8, 4) is 0 Å². The van der Waals surface area contributed by atoms with E-state index in [2.05, 4.69) is 40.1 Å². The van der Waals surface area contributed by atoms with Gasteiger partial charge in [0.2, 0.25) is 0 Å². The summed E-state index contributed by atoms with van der Waals surface area (Å²) in [7, 11) is 0. The fourth-order valence-electron chi connectivity index (χ4n) is 2.30. The highest BCUT2D eigenvalue weighted by Crippen LogP contribution is 2.27. The van der Waals surface area contributed by atoms with Crippen molar-refractivity contribution in [2.75, 3.05) is 6.26 Å². The van der Waals surface area contributed by atoms with E-state index in [-0.39, 0.29) is 0 Å². The molecule has 1 aromatic heterocycles. The number of imidazole rings is 1. The van der Waals surface area contributed by atoms with Crippen molar-refractivity contribution >= 4 is 17.5 Å². The van der Waals surface area contributed by atoms with Crippen molar-refractivity contribution in [2.24, 2.45) is 4.99 Å². The van der Waals surface area contributed by atoms with Gasteiger partial charge in [-0.25, -0.2) is 4.98 Å². The standard InChI is InChI=1S/C15H21N3S/c1-4-13(10-19-3)15-6-5-14(9-17-15)12(2)18-8-7-16-11-18/h7-12H,4-6H2,1-3H3. The first-order chi connectivity index (χ1) is 9.26. The summed E-state index contributed by atoms with van der Waals surface area (Å²) in [6.45, 7) is 4.39. The van der Waals surface area contributed by atoms with E-state index >= 15 is 0 Å². The third kappa shape index (κ3) is 3.38. The van der Waals surface area contributed by atoms with Crippen molar-refractivity contribution in [2.45, 2.75) is 39.2 Å². The molecule has 2 rings (SSSR count). The van der Waals surface area contributed by atoms with Crippen LogP contribution >= 0.6 is 11.8 Å². The highest BCUT2D eigenvalue weighted by atomic mass is 32.2. The Morgan fingerprint density at radius 3 is 2.89 bits per heavy atom. The second kappa shape index (κ2) is 6.75. The first-order valence-corrected chi connectivity index (χ1v) is 8.00. The van der Waals surface area contributed by atoms with Crippen LogP contribution in [0.15, 0.2) is 46.5 Å². The molecule has 0 radical (unpaired) electrons. The maximum absolute atomic E-state index is 4.67. The predicted octanol–water partition coefficient (Wildman–Crippen LogP) is 4.22. The lowest BCUT2D eigenvalue weighted by atomic mass is 9.96. The van der Waals surface area contributed by atoms with Gasteiger partial charge in [-0.3, -0.25) is 4.99 Å². The molecule has 0 aromatic carbocycles. The Morgan fingerprint density at radius 1 is 1.53 bits per heavy atom. The average molecular weight is 275 g/mol. The molecule has 1 unspecified atom stereocenters. The molecule has 1 aliphatic rings. The van der Waals surface area contributed by atoms with Crippen LogP contribution in [-0.4, -0.2) is 21.5 Å². The Hall–Kier alpha value is -1.29. The van der Waals surface area contributed by atoms with Crippen molar-refractivity contribution in [1.82, 2.24) is 9.55 Å². The Kier molecular flexibility index (Phi) is 5.02.